The van der Waals surface area contributed by atoms with E-state index in [-0.39, 0.29) is 18.2 Å². The molecule has 0 saturated carbocycles. The summed E-state index contributed by atoms with van der Waals surface area (Å²) in [6.07, 6.45) is -0.921. The van der Waals surface area contributed by atoms with Crippen LogP contribution < -0.4 is 5.41 Å². The van der Waals surface area contributed by atoms with E-state index in [0.717, 1.165) is 9.80 Å². The fourth-order valence-electron chi connectivity index (χ4n) is 1.19. The maximum absolute atomic E-state index is 11.7. The van der Waals surface area contributed by atoms with Gasteiger partial charge in [0.1, 0.15) is 0 Å². The van der Waals surface area contributed by atoms with Gasteiger partial charge in [0.2, 0.25) is 5.71 Å². The topological polar surface area (TPSA) is 105 Å². The molecule has 0 radical (unpaired) electrons. The van der Waals surface area contributed by atoms with Crippen LogP contribution in [0.5, 0.6) is 0 Å². The fourth-order valence-corrected chi connectivity index (χ4v) is 1.19. The minimum Gasteiger partial charge on any atom is -0.448 e. The molecule has 1 saturated heterocycles. The van der Waals surface area contributed by atoms with E-state index in [9.17, 15) is 14.4 Å². The van der Waals surface area contributed by atoms with E-state index < -0.39 is 18.0 Å². The van der Waals surface area contributed by atoms with Crippen LogP contribution in [-0.4, -0.2) is 60.1 Å². The third kappa shape index (κ3) is 2.30. The van der Waals surface area contributed by atoms with Crippen molar-refractivity contribution in [2.24, 2.45) is 4.99 Å². The molecule has 1 aliphatic heterocycles. The second-order valence-electron chi connectivity index (χ2n) is 3.25. The van der Waals surface area contributed by atoms with Crippen LogP contribution in [0.2, 0.25) is 0 Å². The van der Waals surface area contributed by atoms with Gasteiger partial charge in [-0.3, -0.25) is 10.2 Å². The Morgan fingerprint density at radius 3 is 2.47 bits per heavy atom. The maximum Gasteiger partial charge on any atom is 0.434 e. The Kier molecular flexibility index (Phi) is 3.56. The molecule has 92 valence electrons. The largest absolute Gasteiger partial charge is 0.448 e. The van der Waals surface area contributed by atoms with Gasteiger partial charge in [0, 0.05) is 7.05 Å². The molecule has 1 fully saturated rings. The number of amides is 4. The van der Waals surface area contributed by atoms with Crippen LogP contribution in [0.4, 0.5) is 9.59 Å². The van der Waals surface area contributed by atoms with Crippen LogP contribution in [0.1, 0.15) is 6.92 Å². The van der Waals surface area contributed by atoms with Crippen LogP contribution in [0, 0.1) is 0 Å². The number of ether oxygens (including phenoxy) is 1. The van der Waals surface area contributed by atoms with E-state index in [4.69, 9.17) is 5.41 Å². The Hall–Kier alpha value is -2.25. The van der Waals surface area contributed by atoms with Crippen LogP contribution in [-0.2, 0) is 9.53 Å². The molecular formula is C9H13N4O4+. The second-order valence-corrected chi connectivity index (χ2v) is 3.25. The van der Waals surface area contributed by atoms with Gasteiger partial charge in [0.05, 0.1) is 13.7 Å². The highest BCUT2D eigenvalue weighted by Crippen LogP contribution is 2.06. The van der Waals surface area contributed by atoms with Crippen molar-refractivity contribution in [3.05, 3.63) is 0 Å². The average Bonchev–Trinajstić information content (AvgIpc) is 2.30. The van der Waals surface area contributed by atoms with Gasteiger partial charge in [-0.2, -0.15) is 9.89 Å². The third-order valence-corrected chi connectivity index (χ3v) is 2.16. The number of aliphatic imine (C=N–C) groups is 1. The Labute approximate surface area is 97.4 Å². The zero-order valence-electron chi connectivity index (χ0n) is 9.76. The maximum atomic E-state index is 11.7. The lowest BCUT2D eigenvalue weighted by Gasteiger charge is -2.23. The first kappa shape index (κ1) is 12.8. The zero-order valence-corrected chi connectivity index (χ0v) is 9.76. The van der Waals surface area contributed by atoms with Gasteiger partial charge in [-0.15, -0.1) is 0 Å². The summed E-state index contributed by atoms with van der Waals surface area (Å²) in [4.78, 5) is 39.5. The van der Waals surface area contributed by atoms with Crippen molar-refractivity contribution in [2.75, 3.05) is 20.7 Å². The molecule has 0 aromatic carbocycles. The molecule has 8 heteroatoms. The summed E-state index contributed by atoms with van der Waals surface area (Å²) in [5.41, 5.74) is -0.298. The van der Waals surface area contributed by atoms with Gasteiger partial charge in [-0.05, 0) is 6.92 Å². The molecule has 8 nitrogen and oxygen atoms in total. The minimum absolute atomic E-state index is 0.133. The van der Waals surface area contributed by atoms with Crippen LogP contribution in [0.25, 0.3) is 0 Å². The molecule has 0 spiro atoms. The van der Waals surface area contributed by atoms with Gasteiger partial charge >= 0.3 is 18.0 Å². The second kappa shape index (κ2) is 4.73. The standard InChI is InChI=1S/C9H12N4O4/c1-4-17-8(15)11-5-6(10)12(2)9(16)13(3)7(5)14/h10H,4H2,1-3H3/p+1/b10-6?,11-5+. The minimum atomic E-state index is -0.921. The quantitative estimate of drug-likeness (QED) is 0.588. The molecule has 0 bridgehead atoms. The molecule has 0 aliphatic carbocycles. The first-order valence-electron chi connectivity index (χ1n) is 4.84. The van der Waals surface area contributed by atoms with Crippen molar-refractivity contribution in [1.82, 2.24) is 9.80 Å². The summed E-state index contributed by atoms with van der Waals surface area (Å²) in [6, 6.07) is -0.588. The van der Waals surface area contributed by atoms with Gasteiger partial charge in [-0.1, -0.05) is 0 Å². The molecule has 1 rings (SSSR count). The number of nitrogens with zero attached hydrogens (tertiary/aromatic N) is 3. The van der Waals surface area contributed by atoms with Gasteiger partial charge in [0.25, 0.3) is 5.91 Å². The number of carbonyl (C=O) groups excluding carboxylic acids is 3. The molecule has 17 heavy (non-hydrogen) atoms. The van der Waals surface area contributed by atoms with E-state index in [2.05, 4.69) is 9.73 Å². The molecule has 1 heterocycles. The highest BCUT2D eigenvalue weighted by atomic mass is 16.5. The molecule has 4 amide bonds. The van der Waals surface area contributed by atoms with Crippen molar-refractivity contribution in [2.45, 2.75) is 6.92 Å². The molecule has 1 aliphatic rings. The molecule has 0 aromatic rings. The normalized spacial score (nSPS) is 19.0. The first-order valence-corrected chi connectivity index (χ1v) is 4.84. The predicted molar refractivity (Wildman–Crippen MR) is 57.3 cm³/mol. The van der Waals surface area contributed by atoms with E-state index in [1.807, 2.05) is 0 Å². The molecule has 0 aromatic heterocycles. The Morgan fingerprint density at radius 2 is 1.94 bits per heavy atom. The van der Waals surface area contributed by atoms with E-state index in [1.165, 1.54) is 14.1 Å². The van der Waals surface area contributed by atoms with E-state index in [1.54, 1.807) is 6.92 Å². The Bertz CT molecular complexity index is 403. The predicted octanol–water partition coefficient (Wildman–Crippen LogP) is -1.73. The van der Waals surface area contributed by atoms with Crippen molar-refractivity contribution in [3.8, 4) is 0 Å². The number of hydrogen-bond donors (Lipinski definition) is 1. The summed E-state index contributed by atoms with van der Waals surface area (Å²) in [6.45, 7) is 1.74. The summed E-state index contributed by atoms with van der Waals surface area (Å²) < 4.78 is 4.57. The number of hydrogen-bond acceptors (Lipinski definition) is 4. The summed E-state index contributed by atoms with van der Waals surface area (Å²) in [7, 11) is 2.65. The highest BCUT2D eigenvalue weighted by molar-refractivity contribution is 6.69. The van der Waals surface area contributed by atoms with Crippen molar-refractivity contribution in [3.63, 3.8) is 0 Å². The van der Waals surface area contributed by atoms with E-state index in [0.29, 0.717) is 0 Å². The number of imide groups is 1. The van der Waals surface area contributed by atoms with Crippen LogP contribution >= 0.6 is 0 Å². The number of amidine groups is 1. The van der Waals surface area contributed by atoms with Crippen LogP contribution in [0.15, 0.2) is 4.99 Å². The monoisotopic (exact) mass is 241 g/mol. The first-order chi connectivity index (χ1) is 7.90. The van der Waals surface area contributed by atoms with Crippen molar-refractivity contribution in [1.29, 1.82) is 0 Å². The Morgan fingerprint density at radius 1 is 1.35 bits per heavy atom. The number of rotatable bonds is 1. The van der Waals surface area contributed by atoms with Crippen LogP contribution in [0.3, 0.4) is 0 Å². The number of urea groups is 1. The van der Waals surface area contributed by atoms with Crippen molar-refractivity contribution < 1.29 is 24.5 Å². The summed E-state index contributed by atoms with van der Waals surface area (Å²) >= 11 is 0. The van der Waals surface area contributed by atoms with Gasteiger partial charge in [-0.25, -0.2) is 14.5 Å². The number of carbonyl (C=O) groups is 3. The molecule has 2 N–H and O–H groups in total. The van der Waals surface area contributed by atoms with Gasteiger partial charge in [0.15, 0.2) is 0 Å². The molecule has 0 atom stereocenters. The average molecular weight is 241 g/mol. The summed E-state index contributed by atoms with van der Waals surface area (Å²) in [5.74, 6) is -0.912. The fraction of sp³-hybridized carbons (Fsp3) is 0.444. The lowest BCUT2D eigenvalue weighted by molar-refractivity contribution is -0.129. The lowest BCUT2D eigenvalue weighted by atomic mass is 10.2. The van der Waals surface area contributed by atoms with Gasteiger partial charge < -0.3 is 4.74 Å². The lowest BCUT2D eigenvalue weighted by Crippen LogP contribution is -2.66. The highest BCUT2D eigenvalue weighted by Gasteiger charge is 2.43. The smallest absolute Gasteiger partial charge is 0.434 e. The summed E-state index contributed by atoms with van der Waals surface area (Å²) in [5, 5.41) is 5.55. The molecule has 0 unspecified atom stereocenters. The molecular weight excluding hydrogens is 228 g/mol. The SMILES string of the molecule is CCOC(=O)/N=C1\C(=[NH2+])N(C)C(=O)N(C)C1=O. The number of nitrogens with two attached hydrogens (primary N) is 1. The Balaban J connectivity index is 3.06. The van der Waals surface area contributed by atoms with Crippen molar-refractivity contribution >= 4 is 29.6 Å². The van der Waals surface area contributed by atoms with E-state index >= 15 is 0 Å². The third-order valence-electron chi connectivity index (χ3n) is 2.16. The zero-order chi connectivity index (χ0) is 13.2.